The predicted octanol–water partition coefficient (Wildman–Crippen LogP) is 1.59. The molecule has 1 amide bonds. The number of fused-ring (bicyclic) bond motifs is 1. The summed E-state index contributed by atoms with van der Waals surface area (Å²) >= 11 is 0. The smallest absolute Gasteiger partial charge is 0.255 e. The molecule has 0 radical (unpaired) electrons. The number of pyridine rings is 1. The zero-order valence-corrected chi connectivity index (χ0v) is 11.4. The van der Waals surface area contributed by atoms with E-state index in [4.69, 9.17) is 5.73 Å². The van der Waals surface area contributed by atoms with Crippen LogP contribution in [0.3, 0.4) is 0 Å². The lowest BCUT2D eigenvalue weighted by atomic mass is 9.79. The molecule has 2 fully saturated rings. The second-order valence-electron chi connectivity index (χ2n) is 6.05. The van der Waals surface area contributed by atoms with Gasteiger partial charge in [0.25, 0.3) is 5.91 Å². The summed E-state index contributed by atoms with van der Waals surface area (Å²) in [5.41, 5.74) is 7.77. The quantitative estimate of drug-likeness (QED) is 0.833. The van der Waals surface area contributed by atoms with Crippen molar-refractivity contribution in [3.05, 3.63) is 29.6 Å². The van der Waals surface area contributed by atoms with Crippen LogP contribution in [0, 0.1) is 18.8 Å². The van der Waals surface area contributed by atoms with Gasteiger partial charge in [0.2, 0.25) is 0 Å². The average molecular weight is 259 g/mol. The fraction of sp³-hybridized carbons (Fsp3) is 0.600. The molecule has 2 aliphatic rings. The van der Waals surface area contributed by atoms with E-state index in [-0.39, 0.29) is 5.91 Å². The molecule has 3 rings (SSSR count). The molecule has 0 bridgehead atoms. The summed E-state index contributed by atoms with van der Waals surface area (Å²) in [6.45, 7) is 3.72. The van der Waals surface area contributed by atoms with Gasteiger partial charge < -0.3 is 10.6 Å². The van der Waals surface area contributed by atoms with Crippen molar-refractivity contribution in [1.29, 1.82) is 0 Å². The van der Waals surface area contributed by atoms with E-state index >= 15 is 0 Å². The van der Waals surface area contributed by atoms with E-state index in [1.54, 1.807) is 12.4 Å². The number of carbonyl (C=O) groups excluding carboxylic acids is 1. The van der Waals surface area contributed by atoms with Gasteiger partial charge in [0.15, 0.2) is 0 Å². The standard InChI is InChI=1S/C15H21N3O/c1-10-4-12(7-17-6-10)15(19)18-8-11-2-3-14(16)5-13(11)9-18/h4,6-7,11,13-14H,2-3,5,8-9,16H2,1H3/t11-,13+,14?/m1/s1. The Hall–Kier alpha value is -1.42. The second-order valence-corrected chi connectivity index (χ2v) is 6.05. The van der Waals surface area contributed by atoms with Crippen LogP contribution in [0.5, 0.6) is 0 Å². The maximum atomic E-state index is 12.5. The molecule has 1 aliphatic carbocycles. The number of hydrogen-bond donors (Lipinski definition) is 1. The second kappa shape index (κ2) is 4.93. The van der Waals surface area contributed by atoms with Crippen molar-refractivity contribution in [3.8, 4) is 0 Å². The maximum absolute atomic E-state index is 12.5. The molecule has 1 aliphatic heterocycles. The molecule has 4 nitrogen and oxygen atoms in total. The van der Waals surface area contributed by atoms with Crippen LogP contribution < -0.4 is 5.73 Å². The van der Waals surface area contributed by atoms with Crippen molar-refractivity contribution in [2.45, 2.75) is 32.2 Å². The number of amides is 1. The van der Waals surface area contributed by atoms with Gasteiger partial charge >= 0.3 is 0 Å². The molecule has 1 unspecified atom stereocenters. The van der Waals surface area contributed by atoms with Crippen LogP contribution in [0.4, 0.5) is 0 Å². The largest absolute Gasteiger partial charge is 0.338 e. The van der Waals surface area contributed by atoms with Gasteiger partial charge in [-0.3, -0.25) is 9.78 Å². The lowest BCUT2D eigenvalue weighted by molar-refractivity contribution is 0.0783. The summed E-state index contributed by atoms with van der Waals surface area (Å²) in [6, 6.07) is 2.25. The van der Waals surface area contributed by atoms with Crippen molar-refractivity contribution in [3.63, 3.8) is 0 Å². The Morgan fingerprint density at radius 2 is 2.11 bits per heavy atom. The minimum absolute atomic E-state index is 0.124. The number of nitrogens with zero attached hydrogens (tertiary/aromatic N) is 2. The molecule has 1 saturated carbocycles. The van der Waals surface area contributed by atoms with Crippen molar-refractivity contribution >= 4 is 5.91 Å². The van der Waals surface area contributed by atoms with E-state index < -0.39 is 0 Å². The van der Waals surface area contributed by atoms with Crippen LogP contribution in [0.2, 0.25) is 0 Å². The monoisotopic (exact) mass is 259 g/mol. The van der Waals surface area contributed by atoms with Gasteiger partial charge in [-0.05, 0) is 49.7 Å². The highest BCUT2D eigenvalue weighted by Gasteiger charge is 2.38. The Labute approximate surface area is 114 Å². The molecule has 1 aromatic heterocycles. The van der Waals surface area contributed by atoms with Gasteiger partial charge in [-0.25, -0.2) is 0 Å². The zero-order valence-electron chi connectivity index (χ0n) is 11.4. The predicted molar refractivity (Wildman–Crippen MR) is 73.7 cm³/mol. The topological polar surface area (TPSA) is 59.2 Å². The zero-order chi connectivity index (χ0) is 13.4. The van der Waals surface area contributed by atoms with Gasteiger partial charge in [0.1, 0.15) is 0 Å². The van der Waals surface area contributed by atoms with Crippen molar-refractivity contribution < 1.29 is 4.79 Å². The lowest BCUT2D eigenvalue weighted by Gasteiger charge is -2.27. The van der Waals surface area contributed by atoms with E-state index in [2.05, 4.69) is 4.98 Å². The summed E-state index contributed by atoms with van der Waals surface area (Å²) in [5, 5.41) is 0. The first-order valence-electron chi connectivity index (χ1n) is 7.10. The van der Waals surface area contributed by atoms with Gasteiger partial charge in [-0.15, -0.1) is 0 Å². The van der Waals surface area contributed by atoms with Crippen LogP contribution >= 0.6 is 0 Å². The van der Waals surface area contributed by atoms with E-state index in [0.717, 1.165) is 31.5 Å². The molecule has 1 aromatic rings. The molecule has 0 spiro atoms. The summed E-state index contributed by atoms with van der Waals surface area (Å²) < 4.78 is 0. The normalized spacial score (nSPS) is 30.2. The summed E-state index contributed by atoms with van der Waals surface area (Å²) in [7, 11) is 0. The van der Waals surface area contributed by atoms with Crippen LogP contribution in [0.1, 0.15) is 35.2 Å². The Kier molecular flexibility index (Phi) is 3.27. The molecule has 0 aromatic carbocycles. The molecular weight excluding hydrogens is 238 g/mol. The molecule has 2 heterocycles. The fourth-order valence-electron chi connectivity index (χ4n) is 3.49. The van der Waals surface area contributed by atoms with Crippen molar-refractivity contribution in [1.82, 2.24) is 9.88 Å². The molecule has 3 atom stereocenters. The summed E-state index contributed by atoms with van der Waals surface area (Å²) in [4.78, 5) is 18.6. The molecule has 19 heavy (non-hydrogen) atoms. The van der Waals surface area contributed by atoms with E-state index in [1.807, 2.05) is 17.9 Å². The highest BCUT2D eigenvalue weighted by Crippen LogP contribution is 2.36. The molecule has 102 valence electrons. The summed E-state index contributed by atoms with van der Waals surface area (Å²) in [6.07, 6.45) is 6.79. The number of nitrogens with two attached hydrogens (primary N) is 1. The minimum Gasteiger partial charge on any atom is -0.338 e. The van der Waals surface area contributed by atoms with E-state index in [0.29, 0.717) is 23.4 Å². The first kappa shape index (κ1) is 12.6. The number of aromatic nitrogens is 1. The number of rotatable bonds is 1. The Balaban J connectivity index is 1.72. The highest BCUT2D eigenvalue weighted by molar-refractivity contribution is 5.94. The molecule has 1 saturated heterocycles. The van der Waals surface area contributed by atoms with Crippen molar-refractivity contribution in [2.75, 3.05) is 13.1 Å². The number of likely N-dealkylation sites (tertiary alicyclic amines) is 1. The minimum atomic E-state index is 0.124. The van der Waals surface area contributed by atoms with Crippen LogP contribution in [-0.2, 0) is 0 Å². The van der Waals surface area contributed by atoms with Crippen LogP contribution in [0.25, 0.3) is 0 Å². The Bertz CT molecular complexity index is 488. The van der Waals surface area contributed by atoms with E-state index in [9.17, 15) is 4.79 Å². The third-order valence-electron chi connectivity index (χ3n) is 4.50. The molecule has 2 N–H and O–H groups in total. The SMILES string of the molecule is Cc1cncc(C(=O)N2C[C@H]3CCC(N)C[C@H]3C2)c1. The average Bonchev–Trinajstić information content (AvgIpc) is 2.80. The van der Waals surface area contributed by atoms with Crippen LogP contribution in [-0.4, -0.2) is 34.9 Å². The lowest BCUT2D eigenvalue weighted by Crippen LogP contribution is -2.32. The van der Waals surface area contributed by atoms with Gasteiger partial charge in [0, 0.05) is 31.5 Å². The third kappa shape index (κ3) is 2.50. The van der Waals surface area contributed by atoms with Gasteiger partial charge in [-0.2, -0.15) is 0 Å². The first-order chi connectivity index (χ1) is 9.13. The fourth-order valence-corrected chi connectivity index (χ4v) is 3.49. The summed E-state index contributed by atoms with van der Waals surface area (Å²) in [5.74, 6) is 1.38. The highest BCUT2D eigenvalue weighted by atomic mass is 16.2. The van der Waals surface area contributed by atoms with Crippen molar-refractivity contribution in [2.24, 2.45) is 17.6 Å². The van der Waals surface area contributed by atoms with Gasteiger partial charge in [0.05, 0.1) is 5.56 Å². The maximum Gasteiger partial charge on any atom is 0.255 e. The Morgan fingerprint density at radius 1 is 1.32 bits per heavy atom. The third-order valence-corrected chi connectivity index (χ3v) is 4.50. The van der Waals surface area contributed by atoms with E-state index in [1.165, 1.54) is 6.42 Å². The number of hydrogen-bond acceptors (Lipinski definition) is 3. The van der Waals surface area contributed by atoms with Crippen LogP contribution in [0.15, 0.2) is 18.5 Å². The molecule has 4 heteroatoms. The number of carbonyl (C=O) groups is 1. The Morgan fingerprint density at radius 3 is 2.89 bits per heavy atom. The number of aryl methyl sites for hydroxylation is 1. The van der Waals surface area contributed by atoms with Gasteiger partial charge in [-0.1, -0.05) is 0 Å². The molecular formula is C15H21N3O. The first-order valence-corrected chi connectivity index (χ1v) is 7.10.